The maximum atomic E-state index is 13.1. The maximum Gasteiger partial charge on any atom is 0.239 e. The lowest BCUT2D eigenvalue weighted by Crippen LogP contribution is -2.59. The normalized spacial score (nSPS) is 34.5. The molecule has 0 saturated heterocycles. The monoisotopic (exact) mass is 354 g/mol. The molecule has 26 heavy (non-hydrogen) atoms. The van der Waals surface area contributed by atoms with Gasteiger partial charge in [-0.1, -0.05) is 29.8 Å². The summed E-state index contributed by atoms with van der Waals surface area (Å²) in [6, 6.07) is 8.97. The highest BCUT2D eigenvalue weighted by molar-refractivity contribution is 5.88. The quantitative estimate of drug-likeness (QED) is 0.854. The Hall–Kier alpha value is -1.84. The van der Waals surface area contributed by atoms with Crippen LogP contribution in [0.15, 0.2) is 24.3 Å². The Morgan fingerprint density at radius 1 is 1.04 bits per heavy atom. The molecule has 5 rings (SSSR count). The van der Waals surface area contributed by atoms with E-state index in [1.165, 1.54) is 30.4 Å². The van der Waals surface area contributed by atoms with E-state index in [2.05, 4.69) is 41.8 Å². The Morgan fingerprint density at radius 2 is 1.69 bits per heavy atom. The molecule has 0 heterocycles. The molecule has 4 aliphatic carbocycles. The number of hydrogen-bond donors (Lipinski definition) is 2. The highest BCUT2D eigenvalue weighted by Crippen LogP contribution is 2.65. The number of amides is 2. The third kappa shape index (κ3) is 2.93. The van der Waals surface area contributed by atoms with Crippen LogP contribution in [0.1, 0.15) is 56.6 Å². The van der Waals surface area contributed by atoms with Crippen LogP contribution in [0.4, 0.5) is 0 Å². The van der Waals surface area contributed by atoms with Crippen molar-refractivity contribution in [2.45, 2.75) is 57.8 Å². The molecule has 4 aliphatic rings. The maximum absolute atomic E-state index is 13.1. The predicted molar refractivity (Wildman–Crippen MR) is 102 cm³/mol. The average molecular weight is 354 g/mol. The van der Waals surface area contributed by atoms with Gasteiger partial charge in [-0.3, -0.25) is 9.59 Å². The van der Waals surface area contributed by atoms with Gasteiger partial charge < -0.3 is 10.6 Å². The molecule has 0 aromatic heterocycles. The van der Waals surface area contributed by atoms with E-state index in [1.54, 1.807) is 0 Å². The minimum atomic E-state index is -0.276. The van der Waals surface area contributed by atoms with Crippen molar-refractivity contribution in [3.05, 3.63) is 35.4 Å². The molecule has 1 aromatic rings. The second-order valence-corrected chi connectivity index (χ2v) is 9.02. The van der Waals surface area contributed by atoms with Crippen LogP contribution in [-0.4, -0.2) is 24.9 Å². The summed E-state index contributed by atoms with van der Waals surface area (Å²) in [5.74, 6) is 1.30. The van der Waals surface area contributed by atoms with Gasteiger partial charge in [0.15, 0.2) is 0 Å². The molecule has 4 fully saturated rings. The number of benzene rings is 1. The Bertz CT molecular complexity index is 695. The van der Waals surface area contributed by atoms with E-state index in [0.717, 1.165) is 19.3 Å². The molecule has 140 valence electrons. The van der Waals surface area contributed by atoms with Crippen LogP contribution in [0.2, 0.25) is 0 Å². The first-order valence-electron chi connectivity index (χ1n) is 10.1. The molecule has 4 nitrogen and oxygen atoms in total. The summed E-state index contributed by atoms with van der Waals surface area (Å²) in [6.07, 6.45) is 6.66. The van der Waals surface area contributed by atoms with Gasteiger partial charge in [0.05, 0.1) is 12.0 Å². The molecular weight excluding hydrogens is 324 g/mol. The van der Waals surface area contributed by atoms with Crippen molar-refractivity contribution < 1.29 is 9.59 Å². The number of hydrogen-bond acceptors (Lipinski definition) is 2. The molecular formula is C22H30N2O2. The van der Waals surface area contributed by atoms with Crippen LogP contribution in [0.3, 0.4) is 0 Å². The van der Waals surface area contributed by atoms with Gasteiger partial charge in [-0.15, -0.1) is 0 Å². The second kappa shape index (κ2) is 6.40. The lowest BCUT2D eigenvalue weighted by Gasteiger charge is -2.61. The van der Waals surface area contributed by atoms with Crippen LogP contribution in [-0.2, 0) is 15.0 Å². The molecule has 1 aromatic carbocycles. The molecule has 0 spiro atoms. The van der Waals surface area contributed by atoms with Gasteiger partial charge in [-0.25, -0.2) is 0 Å². The first kappa shape index (κ1) is 17.6. The van der Waals surface area contributed by atoms with E-state index in [9.17, 15) is 9.59 Å². The summed E-state index contributed by atoms with van der Waals surface area (Å²) >= 11 is 0. The van der Waals surface area contributed by atoms with Crippen LogP contribution in [0.25, 0.3) is 0 Å². The van der Waals surface area contributed by atoms with Gasteiger partial charge in [0.1, 0.15) is 0 Å². The van der Waals surface area contributed by atoms with Gasteiger partial charge in [0.2, 0.25) is 11.8 Å². The fraction of sp³-hybridized carbons (Fsp3) is 0.636. The van der Waals surface area contributed by atoms with E-state index in [0.29, 0.717) is 18.4 Å². The molecule has 4 bridgehead atoms. The van der Waals surface area contributed by atoms with Crippen molar-refractivity contribution in [1.29, 1.82) is 0 Å². The minimum Gasteiger partial charge on any atom is -0.355 e. The molecule has 4 heteroatoms. The van der Waals surface area contributed by atoms with E-state index in [4.69, 9.17) is 0 Å². The standard InChI is InChI=1S/C22H30N2O2/c1-3-23-19(25)13-24-20(26)22-11-16-8-17(12-22)10-21(9-16,14-22)18-6-4-15(2)5-7-18/h4-7,16-17H,3,8-14H2,1-2H3,(H,23,25)(H,24,26). The third-order valence-electron chi connectivity index (χ3n) is 6.99. The average Bonchev–Trinajstić information content (AvgIpc) is 2.59. The zero-order valence-corrected chi connectivity index (χ0v) is 15.9. The first-order chi connectivity index (χ1) is 12.4. The second-order valence-electron chi connectivity index (χ2n) is 9.02. The van der Waals surface area contributed by atoms with Crippen molar-refractivity contribution in [3.63, 3.8) is 0 Å². The highest BCUT2D eigenvalue weighted by Gasteiger charge is 2.60. The molecule has 2 unspecified atom stereocenters. The van der Waals surface area contributed by atoms with Crippen LogP contribution >= 0.6 is 0 Å². The van der Waals surface area contributed by atoms with E-state index in [-0.39, 0.29) is 29.2 Å². The van der Waals surface area contributed by atoms with Crippen molar-refractivity contribution in [2.75, 3.05) is 13.1 Å². The Labute approximate surface area is 156 Å². The van der Waals surface area contributed by atoms with Crippen molar-refractivity contribution in [3.8, 4) is 0 Å². The summed E-state index contributed by atoms with van der Waals surface area (Å²) < 4.78 is 0. The summed E-state index contributed by atoms with van der Waals surface area (Å²) in [5, 5.41) is 5.71. The van der Waals surface area contributed by atoms with Gasteiger partial charge >= 0.3 is 0 Å². The predicted octanol–water partition coefficient (Wildman–Crippen LogP) is 3.09. The van der Waals surface area contributed by atoms with E-state index < -0.39 is 0 Å². The van der Waals surface area contributed by atoms with E-state index >= 15 is 0 Å². The summed E-state index contributed by atoms with van der Waals surface area (Å²) in [5.41, 5.74) is 2.58. The molecule has 0 aliphatic heterocycles. The number of aryl methyl sites for hydroxylation is 1. The lowest BCUT2D eigenvalue weighted by molar-refractivity contribution is -0.149. The van der Waals surface area contributed by atoms with Crippen molar-refractivity contribution in [1.82, 2.24) is 10.6 Å². The Balaban J connectivity index is 1.57. The Kier molecular flexibility index (Phi) is 4.32. The SMILES string of the molecule is CCNC(=O)CNC(=O)C12CC3CC(C1)CC(c1ccc(C)cc1)(C3)C2. The summed E-state index contributed by atoms with van der Waals surface area (Å²) in [4.78, 5) is 24.9. The smallest absolute Gasteiger partial charge is 0.239 e. The number of likely N-dealkylation sites (N-methyl/N-ethyl adjacent to an activating group) is 1. The van der Waals surface area contributed by atoms with E-state index in [1.807, 2.05) is 6.92 Å². The lowest BCUT2D eigenvalue weighted by atomic mass is 9.42. The fourth-order valence-electron chi connectivity index (χ4n) is 6.38. The highest BCUT2D eigenvalue weighted by atomic mass is 16.2. The molecule has 2 amide bonds. The molecule has 4 saturated carbocycles. The largest absolute Gasteiger partial charge is 0.355 e. The third-order valence-corrected chi connectivity index (χ3v) is 6.99. The number of carbonyl (C=O) groups is 2. The summed E-state index contributed by atoms with van der Waals surface area (Å²) in [7, 11) is 0. The van der Waals surface area contributed by atoms with Gasteiger partial charge in [0.25, 0.3) is 0 Å². The van der Waals surface area contributed by atoms with Crippen molar-refractivity contribution >= 4 is 11.8 Å². The molecule has 2 N–H and O–H groups in total. The first-order valence-corrected chi connectivity index (χ1v) is 10.1. The number of carbonyl (C=O) groups excluding carboxylic acids is 2. The Morgan fingerprint density at radius 3 is 2.31 bits per heavy atom. The van der Waals surface area contributed by atoms with Gasteiger partial charge in [-0.2, -0.15) is 0 Å². The number of rotatable bonds is 5. The van der Waals surface area contributed by atoms with Gasteiger partial charge in [-0.05, 0) is 75.2 Å². The fourth-order valence-corrected chi connectivity index (χ4v) is 6.38. The zero-order chi connectivity index (χ0) is 18.4. The van der Waals surface area contributed by atoms with Crippen molar-refractivity contribution in [2.24, 2.45) is 17.3 Å². The zero-order valence-electron chi connectivity index (χ0n) is 15.9. The topological polar surface area (TPSA) is 58.2 Å². The van der Waals surface area contributed by atoms with Gasteiger partial charge in [0, 0.05) is 6.54 Å². The van der Waals surface area contributed by atoms with Crippen LogP contribution in [0, 0.1) is 24.2 Å². The summed E-state index contributed by atoms with van der Waals surface area (Å²) in [6.45, 7) is 4.71. The van der Waals surface area contributed by atoms with Crippen LogP contribution < -0.4 is 10.6 Å². The molecule has 2 atom stereocenters. The number of nitrogens with one attached hydrogen (secondary N) is 2. The van der Waals surface area contributed by atoms with Crippen LogP contribution in [0.5, 0.6) is 0 Å². The molecule has 0 radical (unpaired) electrons. The minimum absolute atomic E-state index is 0.0983.